The first-order chi connectivity index (χ1) is 11.5. The molecule has 0 saturated carbocycles. The van der Waals surface area contributed by atoms with Gasteiger partial charge in [-0.2, -0.15) is 0 Å². The molecule has 0 aromatic heterocycles. The van der Waals surface area contributed by atoms with Crippen LogP contribution < -0.4 is 5.73 Å². The van der Waals surface area contributed by atoms with Crippen molar-refractivity contribution in [2.24, 2.45) is 11.7 Å². The van der Waals surface area contributed by atoms with Crippen LogP contribution in [0, 0.1) is 5.92 Å². The van der Waals surface area contributed by atoms with Gasteiger partial charge in [0.05, 0.1) is 0 Å². The number of rotatable bonds is 17. The van der Waals surface area contributed by atoms with Gasteiger partial charge in [-0.05, 0) is 6.42 Å². The topological polar surface area (TPSA) is 83.6 Å². The third-order valence-corrected chi connectivity index (χ3v) is 4.78. The Morgan fingerprint density at radius 3 is 1.62 bits per heavy atom. The molecule has 1 amide bonds. The number of hydrogen-bond acceptors (Lipinski definition) is 3. The van der Waals surface area contributed by atoms with Crippen molar-refractivity contribution in [3.05, 3.63) is 12.7 Å². The van der Waals surface area contributed by atoms with Gasteiger partial charge in [0.15, 0.2) is 0 Å². The summed E-state index contributed by atoms with van der Waals surface area (Å²) in [6.07, 6.45) is 18.4. The van der Waals surface area contributed by atoms with Crippen LogP contribution in [0.4, 0.5) is 0 Å². The van der Waals surface area contributed by atoms with E-state index >= 15 is 0 Å². The van der Waals surface area contributed by atoms with Gasteiger partial charge in [-0.3, -0.25) is 4.79 Å². The van der Waals surface area contributed by atoms with Crippen LogP contribution in [0.2, 0.25) is 0 Å². The van der Waals surface area contributed by atoms with Crippen LogP contribution in [0.25, 0.3) is 0 Å². The molecule has 0 saturated heterocycles. The van der Waals surface area contributed by atoms with E-state index in [4.69, 9.17) is 5.73 Å². The molecule has 0 heterocycles. The molecule has 142 valence electrons. The van der Waals surface area contributed by atoms with E-state index in [1.54, 1.807) is 0 Å². The van der Waals surface area contributed by atoms with Crippen molar-refractivity contribution >= 4 is 5.91 Å². The molecule has 4 heteroatoms. The molecule has 4 nitrogen and oxygen atoms in total. The molecule has 1 atom stereocenters. The van der Waals surface area contributed by atoms with Crippen LogP contribution in [-0.4, -0.2) is 21.9 Å². The Morgan fingerprint density at radius 2 is 1.29 bits per heavy atom. The summed E-state index contributed by atoms with van der Waals surface area (Å²) in [5.74, 6) is -4.27. The number of carbonyl (C=O) groups is 1. The lowest BCUT2D eigenvalue weighted by Crippen LogP contribution is -2.49. The molecule has 24 heavy (non-hydrogen) atoms. The molecule has 0 spiro atoms. The Labute approximate surface area is 148 Å². The first-order valence-electron chi connectivity index (χ1n) is 9.84. The van der Waals surface area contributed by atoms with Gasteiger partial charge in [0.2, 0.25) is 0 Å². The van der Waals surface area contributed by atoms with Crippen molar-refractivity contribution in [1.82, 2.24) is 0 Å². The lowest BCUT2D eigenvalue weighted by molar-refractivity contribution is -0.196. The maximum atomic E-state index is 11.0. The predicted octanol–water partition coefficient (Wildman–Crippen LogP) is 4.44. The average molecular weight is 342 g/mol. The third kappa shape index (κ3) is 10.8. The lowest BCUT2D eigenvalue weighted by atomic mass is 9.91. The van der Waals surface area contributed by atoms with E-state index in [2.05, 4.69) is 13.5 Å². The van der Waals surface area contributed by atoms with Gasteiger partial charge in [0.1, 0.15) is 0 Å². The first kappa shape index (κ1) is 23.1. The second-order valence-electron chi connectivity index (χ2n) is 6.96. The number of amides is 1. The van der Waals surface area contributed by atoms with Gasteiger partial charge in [0, 0.05) is 5.92 Å². The lowest BCUT2D eigenvalue weighted by Gasteiger charge is -2.25. The zero-order valence-electron chi connectivity index (χ0n) is 15.6. The van der Waals surface area contributed by atoms with Crippen molar-refractivity contribution in [3.63, 3.8) is 0 Å². The van der Waals surface area contributed by atoms with E-state index in [-0.39, 0.29) is 0 Å². The molecule has 0 radical (unpaired) electrons. The summed E-state index contributed by atoms with van der Waals surface area (Å²) in [6, 6.07) is 0. The van der Waals surface area contributed by atoms with Crippen LogP contribution in [0.1, 0.15) is 96.8 Å². The summed E-state index contributed by atoms with van der Waals surface area (Å²) < 4.78 is 0. The molecule has 0 aromatic rings. The fourth-order valence-corrected chi connectivity index (χ4v) is 3.05. The van der Waals surface area contributed by atoms with Gasteiger partial charge >= 0.3 is 0 Å². The van der Waals surface area contributed by atoms with Gasteiger partial charge in [-0.25, -0.2) is 0 Å². The summed E-state index contributed by atoms with van der Waals surface area (Å²) in [5.41, 5.74) is 5.00. The van der Waals surface area contributed by atoms with Crippen LogP contribution in [-0.2, 0) is 4.79 Å². The molecular weight excluding hydrogens is 302 g/mol. The van der Waals surface area contributed by atoms with Gasteiger partial charge < -0.3 is 15.9 Å². The number of aliphatic hydroxyl groups is 2. The van der Waals surface area contributed by atoms with Crippen LogP contribution in [0.15, 0.2) is 12.7 Å². The van der Waals surface area contributed by atoms with Crippen molar-refractivity contribution in [2.75, 3.05) is 0 Å². The van der Waals surface area contributed by atoms with E-state index < -0.39 is 17.6 Å². The molecule has 0 bridgehead atoms. The minimum atomic E-state index is -2.47. The highest BCUT2D eigenvalue weighted by Crippen LogP contribution is 2.23. The molecule has 0 aliphatic rings. The fraction of sp³-hybridized carbons (Fsp3) is 0.850. The highest BCUT2D eigenvalue weighted by molar-refractivity contribution is 5.81. The Morgan fingerprint density at radius 1 is 0.917 bits per heavy atom. The Bertz CT molecular complexity index is 329. The van der Waals surface area contributed by atoms with Gasteiger partial charge in [-0.15, -0.1) is 6.58 Å². The molecule has 1 unspecified atom stereocenters. The smallest absolute Gasteiger partial charge is 0.278 e. The van der Waals surface area contributed by atoms with Crippen molar-refractivity contribution in [1.29, 1.82) is 0 Å². The van der Waals surface area contributed by atoms with Crippen molar-refractivity contribution in [3.8, 4) is 0 Å². The van der Waals surface area contributed by atoms with E-state index in [0.717, 1.165) is 19.3 Å². The van der Waals surface area contributed by atoms with Crippen molar-refractivity contribution < 1.29 is 15.0 Å². The second kappa shape index (κ2) is 14.5. The molecular formula is C20H39NO3. The largest absolute Gasteiger partial charge is 0.365 e. The number of carbonyl (C=O) groups excluding carboxylic acids is 1. The Balaban J connectivity index is 3.47. The minimum Gasteiger partial charge on any atom is -0.365 e. The van der Waals surface area contributed by atoms with E-state index in [1.165, 1.54) is 70.3 Å². The number of primary amides is 1. The number of hydrogen-bond donors (Lipinski definition) is 3. The SMILES string of the molecule is C=CC(CCCCCCCCCCCCCCC)C(O)(O)C(N)=O. The Kier molecular flexibility index (Phi) is 13.9. The average Bonchev–Trinajstić information content (AvgIpc) is 2.55. The molecule has 0 aliphatic heterocycles. The van der Waals surface area contributed by atoms with E-state index in [0.29, 0.717) is 6.42 Å². The molecule has 0 fully saturated rings. The minimum absolute atomic E-state index is 0.525. The second-order valence-corrected chi connectivity index (χ2v) is 6.96. The van der Waals surface area contributed by atoms with E-state index in [9.17, 15) is 15.0 Å². The van der Waals surface area contributed by atoms with E-state index in [1.807, 2.05) is 0 Å². The standard InChI is InChI=1S/C20H39NO3/c1-3-5-6-7-8-9-10-11-12-13-14-15-16-17-18(4-2)20(23,24)19(21)22/h4,18,23-24H,2-3,5-17H2,1H3,(H2,21,22). The summed E-state index contributed by atoms with van der Waals surface area (Å²) >= 11 is 0. The zero-order chi connectivity index (χ0) is 18.3. The zero-order valence-corrected chi connectivity index (χ0v) is 15.6. The summed E-state index contributed by atoms with van der Waals surface area (Å²) in [7, 11) is 0. The highest BCUT2D eigenvalue weighted by Gasteiger charge is 2.38. The van der Waals surface area contributed by atoms with Crippen LogP contribution >= 0.6 is 0 Å². The molecule has 0 rings (SSSR count). The molecule has 4 N–H and O–H groups in total. The maximum absolute atomic E-state index is 11.0. The Hall–Kier alpha value is -0.870. The molecule has 0 aliphatic carbocycles. The third-order valence-electron chi connectivity index (χ3n) is 4.78. The molecule has 0 aromatic carbocycles. The quantitative estimate of drug-likeness (QED) is 0.208. The predicted molar refractivity (Wildman–Crippen MR) is 100 cm³/mol. The van der Waals surface area contributed by atoms with Crippen molar-refractivity contribution in [2.45, 2.75) is 103 Å². The van der Waals surface area contributed by atoms with Crippen LogP contribution in [0.5, 0.6) is 0 Å². The monoisotopic (exact) mass is 341 g/mol. The number of unbranched alkanes of at least 4 members (excludes halogenated alkanes) is 12. The van der Waals surface area contributed by atoms with Crippen LogP contribution in [0.3, 0.4) is 0 Å². The maximum Gasteiger partial charge on any atom is 0.278 e. The van der Waals surface area contributed by atoms with Gasteiger partial charge in [-0.1, -0.05) is 96.5 Å². The fourth-order valence-electron chi connectivity index (χ4n) is 3.05. The summed E-state index contributed by atoms with van der Waals surface area (Å²) in [4.78, 5) is 11.0. The summed E-state index contributed by atoms with van der Waals surface area (Å²) in [6.45, 7) is 5.81. The highest BCUT2D eigenvalue weighted by atomic mass is 16.5. The van der Waals surface area contributed by atoms with Gasteiger partial charge in [0.25, 0.3) is 11.7 Å². The normalized spacial score (nSPS) is 13.0. The number of nitrogens with two attached hydrogens (primary N) is 1. The summed E-state index contributed by atoms with van der Waals surface area (Å²) in [5, 5.41) is 19.3. The first-order valence-corrected chi connectivity index (χ1v) is 9.84.